The topological polar surface area (TPSA) is 57.4 Å². The molecule has 2 aromatic rings. The molecule has 0 saturated heterocycles. The lowest BCUT2D eigenvalue weighted by molar-refractivity contribution is 0.378. The third kappa shape index (κ3) is 2.47. The average Bonchev–Trinajstić information content (AvgIpc) is 2.34. The van der Waals surface area contributed by atoms with Crippen molar-refractivity contribution in [3.63, 3.8) is 0 Å². The van der Waals surface area contributed by atoms with Crippen LogP contribution in [0, 0.1) is 6.92 Å². The molecule has 0 saturated carbocycles. The number of methoxy groups -OCH3 is 1. The number of rotatable bonds is 3. The summed E-state index contributed by atoms with van der Waals surface area (Å²) in [6.07, 6.45) is 3.44. The van der Waals surface area contributed by atoms with E-state index in [1.165, 1.54) is 0 Å². The summed E-state index contributed by atoms with van der Waals surface area (Å²) in [5.74, 6) is 2.00. The summed E-state index contributed by atoms with van der Waals surface area (Å²) in [5.41, 5.74) is 7.28. The first-order chi connectivity index (χ1) is 8.20. The van der Waals surface area contributed by atoms with Crippen molar-refractivity contribution in [2.75, 3.05) is 12.8 Å². The van der Waals surface area contributed by atoms with Gasteiger partial charge in [0.2, 0.25) is 0 Å². The highest BCUT2D eigenvalue weighted by molar-refractivity contribution is 5.53. The summed E-state index contributed by atoms with van der Waals surface area (Å²) in [6, 6.07) is 7.10. The van der Waals surface area contributed by atoms with Gasteiger partial charge in [0.25, 0.3) is 0 Å². The van der Waals surface area contributed by atoms with E-state index in [1.54, 1.807) is 37.7 Å². The van der Waals surface area contributed by atoms with Crippen LogP contribution in [0.3, 0.4) is 0 Å². The molecular weight excluding hydrogens is 216 g/mol. The maximum absolute atomic E-state index is 5.77. The van der Waals surface area contributed by atoms with Gasteiger partial charge < -0.3 is 15.2 Å². The van der Waals surface area contributed by atoms with Crippen molar-refractivity contribution in [3.8, 4) is 17.2 Å². The number of aryl methyl sites for hydroxylation is 1. The Bertz CT molecular complexity index is 527. The number of hydrogen-bond acceptors (Lipinski definition) is 4. The zero-order valence-corrected chi connectivity index (χ0v) is 9.81. The van der Waals surface area contributed by atoms with Crippen LogP contribution >= 0.6 is 0 Å². The van der Waals surface area contributed by atoms with Gasteiger partial charge in [0.15, 0.2) is 11.5 Å². The van der Waals surface area contributed by atoms with Gasteiger partial charge in [-0.1, -0.05) is 0 Å². The zero-order valence-electron chi connectivity index (χ0n) is 9.81. The summed E-state index contributed by atoms with van der Waals surface area (Å²) in [7, 11) is 1.58. The number of nitrogen functional groups attached to an aromatic ring is 1. The van der Waals surface area contributed by atoms with Crippen molar-refractivity contribution >= 4 is 5.69 Å². The first-order valence-electron chi connectivity index (χ1n) is 5.22. The predicted molar refractivity (Wildman–Crippen MR) is 66.5 cm³/mol. The third-order valence-corrected chi connectivity index (χ3v) is 2.38. The van der Waals surface area contributed by atoms with Gasteiger partial charge in [-0.25, -0.2) is 0 Å². The van der Waals surface area contributed by atoms with Crippen LogP contribution in [0.5, 0.6) is 17.2 Å². The van der Waals surface area contributed by atoms with E-state index in [1.807, 2.05) is 13.0 Å². The molecule has 0 aliphatic carbocycles. The third-order valence-electron chi connectivity index (χ3n) is 2.38. The Balaban J connectivity index is 2.33. The lowest BCUT2D eigenvalue weighted by atomic mass is 10.2. The van der Waals surface area contributed by atoms with E-state index in [9.17, 15) is 0 Å². The predicted octanol–water partition coefficient (Wildman–Crippen LogP) is 2.77. The summed E-state index contributed by atoms with van der Waals surface area (Å²) in [4.78, 5) is 4.01. The molecule has 4 heteroatoms. The number of benzene rings is 1. The van der Waals surface area contributed by atoms with Crippen LogP contribution in [-0.4, -0.2) is 12.1 Å². The summed E-state index contributed by atoms with van der Waals surface area (Å²) < 4.78 is 11.0. The van der Waals surface area contributed by atoms with Crippen LogP contribution in [0.15, 0.2) is 36.7 Å². The second kappa shape index (κ2) is 4.74. The van der Waals surface area contributed by atoms with Crippen LogP contribution in [0.25, 0.3) is 0 Å². The zero-order chi connectivity index (χ0) is 12.3. The van der Waals surface area contributed by atoms with Crippen LogP contribution in [0.2, 0.25) is 0 Å². The molecule has 0 atom stereocenters. The number of aromatic nitrogens is 1. The smallest absolute Gasteiger partial charge is 0.169 e. The highest BCUT2D eigenvalue weighted by Crippen LogP contribution is 2.33. The van der Waals surface area contributed by atoms with Crippen LogP contribution < -0.4 is 15.2 Å². The van der Waals surface area contributed by atoms with Gasteiger partial charge >= 0.3 is 0 Å². The monoisotopic (exact) mass is 230 g/mol. The van der Waals surface area contributed by atoms with Crippen LogP contribution in [0.1, 0.15) is 5.56 Å². The molecular formula is C13H14N2O2. The Morgan fingerprint density at radius 1 is 1.12 bits per heavy atom. The normalized spacial score (nSPS) is 10.0. The van der Waals surface area contributed by atoms with Crippen molar-refractivity contribution in [1.82, 2.24) is 4.98 Å². The van der Waals surface area contributed by atoms with Crippen molar-refractivity contribution in [1.29, 1.82) is 0 Å². The molecule has 0 fully saturated rings. The standard InChI is InChI=1S/C13H14N2O2/c1-9-8-15-6-5-11(9)17-12-4-3-10(14)7-13(12)16-2/h3-8H,14H2,1-2H3. The van der Waals surface area contributed by atoms with E-state index in [0.29, 0.717) is 17.2 Å². The largest absolute Gasteiger partial charge is 0.493 e. The Labute approximate surface area is 100 Å². The minimum Gasteiger partial charge on any atom is -0.493 e. The number of anilines is 1. The lowest BCUT2D eigenvalue weighted by Crippen LogP contribution is -1.94. The molecule has 0 bridgehead atoms. The van der Waals surface area contributed by atoms with Crippen molar-refractivity contribution in [3.05, 3.63) is 42.2 Å². The summed E-state index contributed by atoms with van der Waals surface area (Å²) in [6.45, 7) is 1.94. The van der Waals surface area contributed by atoms with Gasteiger partial charge in [0.1, 0.15) is 5.75 Å². The maximum Gasteiger partial charge on any atom is 0.169 e. The Hall–Kier alpha value is -2.23. The lowest BCUT2D eigenvalue weighted by Gasteiger charge is -2.12. The maximum atomic E-state index is 5.77. The van der Waals surface area contributed by atoms with E-state index in [0.717, 1.165) is 11.3 Å². The molecule has 0 aliphatic heterocycles. The number of pyridine rings is 1. The van der Waals surface area contributed by atoms with Gasteiger partial charge in [0, 0.05) is 29.7 Å². The molecule has 2 rings (SSSR count). The fourth-order valence-corrected chi connectivity index (χ4v) is 1.46. The van der Waals surface area contributed by atoms with Gasteiger partial charge in [-0.2, -0.15) is 0 Å². The van der Waals surface area contributed by atoms with Crippen molar-refractivity contribution in [2.45, 2.75) is 6.92 Å². The summed E-state index contributed by atoms with van der Waals surface area (Å²) >= 11 is 0. The Kier molecular flexibility index (Phi) is 3.14. The molecule has 88 valence electrons. The fraction of sp³-hybridized carbons (Fsp3) is 0.154. The quantitative estimate of drug-likeness (QED) is 0.824. The minimum absolute atomic E-state index is 0.612. The van der Waals surface area contributed by atoms with Crippen molar-refractivity contribution < 1.29 is 9.47 Å². The molecule has 2 N–H and O–H groups in total. The molecule has 0 aliphatic rings. The molecule has 0 radical (unpaired) electrons. The number of nitrogens with two attached hydrogens (primary N) is 1. The van der Waals surface area contributed by atoms with Crippen molar-refractivity contribution in [2.24, 2.45) is 0 Å². The summed E-state index contributed by atoms with van der Waals surface area (Å²) in [5, 5.41) is 0. The van der Waals surface area contributed by atoms with E-state index in [4.69, 9.17) is 15.2 Å². The second-order valence-corrected chi connectivity index (χ2v) is 3.65. The molecule has 4 nitrogen and oxygen atoms in total. The number of hydrogen-bond donors (Lipinski definition) is 1. The minimum atomic E-state index is 0.612. The Morgan fingerprint density at radius 3 is 2.65 bits per heavy atom. The first kappa shape index (κ1) is 11.3. The molecule has 0 spiro atoms. The molecule has 1 aromatic carbocycles. The van der Waals surface area contributed by atoms with Crippen LogP contribution in [-0.2, 0) is 0 Å². The highest BCUT2D eigenvalue weighted by atomic mass is 16.5. The number of ether oxygens (including phenoxy) is 2. The van der Waals surface area contributed by atoms with Gasteiger partial charge in [-0.05, 0) is 25.1 Å². The van der Waals surface area contributed by atoms with Gasteiger partial charge in [0.05, 0.1) is 7.11 Å². The fourth-order valence-electron chi connectivity index (χ4n) is 1.46. The van der Waals surface area contributed by atoms with E-state index in [2.05, 4.69) is 4.98 Å². The van der Waals surface area contributed by atoms with E-state index < -0.39 is 0 Å². The Morgan fingerprint density at radius 2 is 1.94 bits per heavy atom. The molecule has 0 unspecified atom stereocenters. The average molecular weight is 230 g/mol. The van der Waals surface area contributed by atoms with Crippen LogP contribution in [0.4, 0.5) is 5.69 Å². The number of nitrogens with zero attached hydrogens (tertiary/aromatic N) is 1. The SMILES string of the molecule is COc1cc(N)ccc1Oc1ccncc1C. The highest BCUT2D eigenvalue weighted by Gasteiger charge is 2.07. The second-order valence-electron chi connectivity index (χ2n) is 3.65. The molecule has 0 amide bonds. The molecule has 1 heterocycles. The first-order valence-corrected chi connectivity index (χ1v) is 5.22. The van der Waals surface area contributed by atoms with E-state index >= 15 is 0 Å². The molecule has 17 heavy (non-hydrogen) atoms. The molecule has 1 aromatic heterocycles. The van der Waals surface area contributed by atoms with Gasteiger partial charge in [-0.3, -0.25) is 4.98 Å². The van der Waals surface area contributed by atoms with E-state index in [-0.39, 0.29) is 0 Å². The van der Waals surface area contributed by atoms with Gasteiger partial charge in [-0.15, -0.1) is 0 Å².